The van der Waals surface area contributed by atoms with Crippen molar-refractivity contribution in [3.8, 4) is 0 Å². The maximum atomic E-state index is 11.6. The molecule has 1 aliphatic heterocycles. The monoisotopic (exact) mass is 256 g/mol. The zero-order valence-electron chi connectivity index (χ0n) is 11.1. The quantitative estimate of drug-likeness (QED) is 0.722. The van der Waals surface area contributed by atoms with Gasteiger partial charge in [0.1, 0.15) is 5.54 Å². The number of carbonyl (C=O) groups is 1. The van der Waals surface area contributed by atoms with Crippen LogP contribution in [0.2, 0.25) is 0 Å². The van der Waals surface area contributed by atoms with E-state index in [1.54, 1.807) is 0 Å². The van der Waals surface area contributed by atoms with Gasteiger partial charge in [0, 0.05) is 18.9 Å². The van der Waals surface area contributed by atoms with Gasteiger partial charge in [-0.1, -0.05) is 6.92 Å². The summed E-state index contributed by atoms with van der Waals surface area (Å²) in [5.41, 5.74) is 4.97. The first-order chi connectivity index (χ1) is 8.66. The summed E-state index contributed by atoms with van der Waals surface area (Å²) in [5, 5.41) is 3.24. The van der Waals surface area contributed by atoms with Gasteiger partial charge in [-0.2, -0.15) is 0 Å². The van der Waals surface area contributed by atoms with Crippen LogP contribution in [-0.4, -0.2) is 43.9 Å². The molecule has 2 aliphatic rings. The van der Waals surface area contributed by atoms with Gasteiger partial charge in [-0.3, -0.25) is 4.79 Å². The maximum absolute atomic E-state index is 11.6. The summed E-state index contributed by atoms with van der Waals surface area (Å²) in [6.45, 7) is 5.15. The van der Waals surface area contributed by atoms with Gasteiger partial charge in [-0.05, 0) is 25.8 Å². The van der Waals surface area contributed by atoms with E-state index in [-0.39, 0.29) is 12.0 Å². The van der Waals surface area contributed by atoms with Gasteiger partial charge < -0.3 is 20.5 Å². The fourth-order valence-corrected chi connectivity index (χ4v) is 2.94. The predicted molar refractivity (Wildman–Crippen MR) is 68.1 cm³/mol. The summed E-state index contributed by atoms with van der Waals surface area (Å²) in [7, 11) is 0. The third kappa shape index (κ3) is 3.02. The minimum Gasteiger partial charge on any atom is -0.381 e. The normalized spacial score (nSPS) is 36.1. The van der Waals surface area contributed by atoms with Gasteiger partial charge >= 0.3 is 0 Å². The van der Waals surface area contributed by atoms with E-state index in [0.29, 0.717) is 12.3 Å². The van der Waals surface area contributed by atoms with Crippen LogP contribution in [0.4, 0.5) is 0 Å². The SMILES string of the molecule is CCNC1(C(N)=O)CCC(OCC2CCOC2)C1. The Labute approximate surface area is 108 Å². The number of rotatable bonds is 6. The number of ether oxygens (including phenoxy) is 2. The highest BCUT2D eigenvalue weighted by atomic mass is 16.5. The molecule has 3 atom stereocenters. The van der Waals surface area contributed by atoms with Crippen molar-refractivity contribution in [3.05, 3.63) is 0 Å². The molecule has 1 aliphatic carbocycles. The van der Waals surface area contributed by atoms with Crippen LogP contribution in [-0.2, 0) is 14.3 Å². The molecule has 0 radical (unpaired) electrons. The average molecular weight is 256 g/mol. The molecule has 0 aromatic heterocycles. The predicted octanol–water partition coefficient (Wildman–Crippen LogP) is 0.426. The Morgan fingerprint density at radius 1 is 1.56 bits per heavy atom. The molecular formula is C13H24N2O3. The second-order valence-electron chi connectivity index (χ2n) is 5.40. The van der Waals surface area contributed by atoms with E-state index in [0.717, 1.165) is 45.6 Å². The lowest BCUT2D eigenvalue weighted by Crippen LogP contribution is -2.53. The molecule has 1 heterocycles. The van der Waals surface area contributed by atoms with Crippen LogP contribution in [0.5, 0.6) is 0 Å². The van der Waals surface area contributed by atoms with Crippen LogP contribution < -0.4 is 11.1 Å². The van der Waals surface area contributed by atoms with Crippen molar-refractivity contribution in [1.29, 1.82) is 0 Å². The Kier molecular flexibility index (Phi) is 4.59. The molecule has 5 nitrogen and oxygen atoms in total. The lowest BCUT2D eigenvalue weighted by atomic mass is 9.96. The van der Waals surface area contributed by atoms with Gasteiger partial charge in [0.05, 0.1) is 19.3 Å². The standard InChI is InChI=1S/C13H24N2O3/c1-2-15-13(12(14)16)5-3-11(7-13)18-9-10-4-6-17-8-10/h10-11,15H,2-9H2,1H3,(H2,14,16). The summed E-state index contributed by atoms with van der Waals surface area (Å²) >= 11 is 0. The molecule has 2 fully saturated rings. The van der Waals surface area contributed by atoms with E-state index in [1.165, 1.54) is 0 Å². The molecule has 0 bridgehead atoms. The van der Waals surface area contributed by atoms with E-state index in [4.69, 9.17) is 15.2 Å². The van der Waals surface area contributed by atoms with Crippen LogP contribution in [0.15, 0.2) is 0 Å². The Hall–Kier alpha value is -0.650. The van der Waals surface area contributed by atoms with Crippen molar-refractivity contribution in [2.75, 3.05) is 26.4 Å². The van der Waals surface area contributed by atoms with Crippen LogP contribution in [0.1, 0.15) is 32.6 Å². The number of primary amides is 1. The average Bonchev–Trinajstić information content (AvgIpc) is 2.96. The summed E-state index contributed by atoms with van der Waals surface area (Å²) in [6, 6.07) is 0. The Morgan fingerprint density at radius 2 is 2.39 bits per heavy atom. The highest BCUT2D eigenvalue weighted by molar-refractivity contribution is 5.85. The molecular weight excluding hydrogens is 232 g/mol. The summed E-state index contributed by atoms with van der Waals surface area (Å²) in [4.78, 5) is 11.6. The molecule has 0 aromatic rings. The third-order valence-electron chi connectivity index (χ3n) is 4.05. The van der Waals surface area contributed by atoms with E-state index in [2.05, 4.69) is 5.32 Å². The smallest absolute Gasteiger partial charge is 0.237 e. The molecule has 1 saturated heterocycles. The zero-order valence-corrected chi connectivity index (χ0v) is 11.1. The molecule has 104 valence electrons. The fraction of sp³-hybridized carbons (Fsp3) is 0.923. The highest BCUT2D eigenvalue weighted by Crippen LogP contribution is 2.32. The van der Waals surface area contributed by atoms with Crippen molar-refractivity contribution < 1.29 is 14.3 Å². The van der Waals surface area contributed by atoms with Gasteiger partial charge in [-0.25, -0.2) is 0 Å². The van der Waals surface area contributed by atoms with Crippen molar-refractivity contribution in [2.24, 2.45) is 11.7 Å². The lowest BCUT2D eigenvalue weighted by Gasteiger charge is -2.26. The first-order valence-electron chi connectivity index (χ1n) is 6.90. The van der Waals surface area contributed by atoms with Crippen molar-refractivity contribution in [3.63, 3.8) is 0 Å². The van der Waals surface area contributed by atoms with E-state index >= 15 is 0 Å². The van der Waals surface area contributed by atoms with Gasteiger partial charge in [-0.15, -0.1) is 0 Å². The molecule has 0 aromatic carbocycles. The summed E-state index contributed by atoms with van der Waals surface area (Å²) in [5.74, 6) is 0.271. The molecule has 2 rings (SSSR count). The van der Waals surface area contributed by atoms with Gasteiger partial charge in [0.25, 0.3) is 0 Å². The number of nitrogens with two attached hydrogens (primary N) is 1. The summed E-state index contributed by atoms with van der Waals surface area (Å²) < 4.78 is 11.2. The largest absolute Gasteiger partial charge is 0.381 e. The maximum Gasteiger partial charge on any atom is 0.237 e. The van der Waals surface area contributed by atoms with Crippen LogP contribution in [0.3, 0.4) is 0 Å². The van der Waals surface area contributed by atoms with Crippen LogP contribution in [0.25, 0.3) is 0 Å². The summed E-state index contributed by atoms with van der Waals surface area (Å²) in [6.07, 6.45) is 3.62. The van der Waals surface area contributed by atoms with Crippen molar-refractivity contribution in [2.45, 2.75) is 44.2 Å². The van der Waals surface area contributed by atoms with Gasteiger partial charge in [0.2, 0.25) is 5.91 Å². The number of amides is 1. The second-order valence-corrected chi connectivity index (χ2v) is 5.40. The Bertz CT molecular complexity index is 292. The van der Waals surface area contributed by atoms with Crippen molar-refractivity contribution in [1.82, 2.24) is 5.32 Å². The Morgan fingerprint density at radius 3 is 3.00 bits per heavy atom. The van der Waals surface area contributed by atoms with E-state index in [1.807, 2.05) is 6.92 Å². The topological polar surface area (TPSA) is 73.6 Å². The zero-order chi connectivity index (χ0) is 13.0. The first-order valence-corrected chi connectivity index (χ1v) is 6.90. The third-order valence-corrected chi connectivity index (χ3v) is 4.05. The minimum absolute atomic E-state index is 0.150. The molecule has 1 amide bonds. The minimum atomic E-state index is -0.550. The number of likely N-dealkylation sites (N-methyl/N-ethyl adjacent to an activating group) is 1. The van der Waals surface area contributed by atoms with Crippen LogP contribution in [0, 0.1) is 5.92 Å². The lowest BCUT2D eigenvalue weighted by molar-refractivity contribution is -0.124. The van der Waals surface area contributed by atoms with Crippen LogP contribution >= 0.6 is 0 Å². The number of carbonyl (C=O) groups excluding carboxylic acids is 1. The highest BCUT2D eigenvalue weighted by Gasteiger charge is 2.43. The van der Waals surface area contributed by atoms with E-state index in [9.17, 15) is 4.79 Å². The Balaban J connectivity index is 1.80. The molecule has 3 N–H and O–H groups in total. The van der Waals surface area contributed by atoms with Crippen molar-refractivity contribution >= 4 is 5.91 Å². The first kappa shape index (κ1) is 13.8. The van der Waals surface area contributed by atoms with Gasteiger partial charge in [0.15, 0.2) is 0 Å². The molecule has 0 spiro atoms. The van der Waals surface area contributed by atoms with E-state index < -0.39 is 5.54 Å². The number of hydrogen-bond donors (Lipinski definition) is 2. The number of hydrogen-bond acceptors (Lipinski definition) is 4. The fourth-order valence-electron chi connectivity index (χ4n) is 2.94. The molecule has 1 saturated carbocycles. The number of nitrogens with one attached hydrogen (secondary N) is 1. The second kappa shape index (κ2) is 5.99. The molecule has 5 heteroatoms. The molecule has 18 heavy (non-hydrogen) atoms. The molecule has 3 unspecified atom stereocenters.